The van der Waals surface area contributed by atoms with E-state index in [1.54, 1.807) is 0 Å². The van der Waals surface area contributed by atoms with Gasteiger partial charge in [-0.2, -0.15) is 0 Å². The zero-order valence-electron chi connectivity index (χ0n) is 22.0. The van der Waals surface area contributed by atoms with Gasteiger partial charge in [0.05, 0.1) is 28.7 Å². The van der Waals surface area contributed by atoms with E-state index in [0.717, 1.165) is 42.6 Å². The molecule has 4 heterocycles. The molecule has 2 saturated heterocycles. The lowest BCUT2D eigenvalue weighted by molar-refractivity contribution is 0.0140. The highest BCUT2D eigenvalue weighted by Crippen LogP contribution is 2.59. The largest absolute Gasteiger partial charge is 0.478 e. The molecular formula is C30H34FN3O4S. The summed E-state index contributed by atoms with van der Waals surface area (Å²) in [6.45, 7) is 0.584. The molecule has 39 heavy (non-hydrogen) atoms. The van der Waals surface area contributed by atoms with E-state index in [9.17, 15) is 14.3 Å². The molecule has 1 N–H and O–H groups in total. The monoisotopic (exact) mass is 551 g/mol. The summed E-state index contributed by atoms with van der Waals surface area (Å²) in [5.41, 5.74) is 3.30. The second kappa shape index (κ2) is 8.99. The van der Waals surface area contributed by atoms with E-state index < -0.39 is 11.8 Å². The quantitative estimate of drug-likeness (QED) is 0.333. The number of piperidine rings is 1. The number of ether oxygens (including phenoxy) is 1. The first-order chi connectivity index (χ1) is 19.0. The number of anilines is 1. The Labute approximate surface area is 230 Å². The van der Waals surface area contributed by atoms with Gasteiger partial charge in [0.1, 0.15) is 11.3 Å². The maximum absolute atomic E-state index is 14.6. The molecule has 0 amide bonds. The molecule has 5 aliphatic rings. The first kappa shape index (κ1) is 24.3. The van der Waals surface area contributed by atoms with Crippen molar-refractivity contribution >= 4 is 32.7 Å². The van der Waals surface area contributed by atoms with Gasteiger partial charge in [-0.1, -0.05) is 16.5 Å². The molecule has 2 aliphatic heterocycles. The minimum Gasteiger partial charge on any atom is -0.478 e. The molecule has 8 rings (SSSR count). The third-order valence-corrected chi connectivity index (χ3v) is 11.3. The van der Waals surface area contributed by atoms with Gasteiger partial charge in [0.25, 0.3) is 0 Å². The summed E-state index contributed by atoms with van der Waals surface area (Å²) >= 11 is 1.39. The molecule has 3 aromatic rings. The van der Waals surface area contributed by atoms with Crippen LogP contribution in [0.2, 0.25) is 0 Å². The highest BCUT2D eigenvalue weighted by atomic mass is 32.1. The van der Waals surface area contributed by atoms with E-state index in [0.29, 0.717) is 40.6 Å². The van der Waals surface area contributed by atoms with Crippen molar-refractivity contribution in [3.05, 3.63) is 40.5 Å². The van der Waals surface area contributed by atoms with Gasteiger partial charge in [-0.3, -0.25) is 0 Å². The molecule has 1 spiro atoms. The Bertz CT molecular complexity index is 1420. The van der Waals surface area contributed by atoms with Crippen LogP contribution in [0, 0.1) is 11.2 Å². The number of rotatable bonds is 7. The van der Waals surface area contributed by atoms with Crippen molar-refractivity contribution in [3.63, 3.8) is 0 Å². The first-order valence-electron chi connectivity index (χ1n) is 14.7. The third-order valence-electron chi connectivity index (χ3n) is 10.2. The van der Waals surface area contributed by atoms with Crippen LogP contribution in [0.4, 0.5) is 9.52 Å². The van der Waals surface area contributed by atoms with Gasteiger partial charge in [0.2, 0.25) is 0 Å². The summed E-state index contributed by atoms with van der Waals surface area (Å²) in [5, 5.41) is 14.7. The summed E-state index contributed by atoms with van der Waals surface area (Å²) in [4.78, 5) is 18.4. The molecule has 3 saturated carbocycles. The Morgan fingerprint density at radius 3 is 2.49 bits per heavy atom. The maximum atomic E-state index is 14.6. The van der Waals surface area contributed by atoms with Gasteiger partial charge in [0.15, 0.2) is 10.9 Å². The number of hydrogen-bond donors (Lipinski definition) is 1. The topological polar surface area (TPSA) is 88.7 Å². The number of carboxylic acid groups (broad SMARTS) is 1. The zero-order chi connectivity index (χ0) is 26.3. The van der Waals surface area contributed by atoms with Crippen LogP contribution < -0.4 is 4.90 Å². The molecule has 2 aromatic heterocycles. The van der Waals surface area contributed by atoms with Gasteiger partial charge < -0.3 is 19.3 Å². The normalized spacial score (nSPS) is 28.0. The zero-order valence-corrected chi connectivity index (χ0v) is 22.9. The predicted molar refractivity (Wildman–Crippen MR) is 145 cm³/mol. The number of halogens is 1. The third kappa shape index (κ3) is 4.27. The highest BCUT2D eigenvalue weighted by molar-refractivity contribution is 7.22. The lowest BCUT2D eigenvalue weighted by Crippen LogP contribution is -2.45. The van der Waals surface area contributed by atoms with Crippen molar-refractivity contribution in [2.75, 3.05) is 4.90 Å². The number of carbonyl (C=O) groups is 1. The Balaban J connectivity index is 0.977. The Morgan fingerprint density at radius 1 is 1.08 bits per heavy atom. The van der Waals surface area contributed by atoms with Crippen LogP contribution in [0.25, 0.3) is 10.2 Å². The van der Waals surface area contributed by atoms with Crippen LogP contribution in [-0.4, -0.2) is 39.4 Å². The molecule has 3 aliphatic carbocycles. The van der Waals surface area contributed by atoms with Gasteiger partial charge >= 0.3 is 5.97 Å². The molecule has 2 bridgehead atoms. The van der Waals surface area contributed by atoms with Crippen LogP contribution in [0.1, 0.15) is 116 Å². The minimum absolute atomic E-state index is 0.0378. The summed E-state index contributed by atoms with van der Waals surface area (Å²) in [6, 6.07) is 3.20. The Morgan fingerprint density at radius 2 is 1.82 bits per heavy atom. The van der Waals surface area contributed by atoms with Gasteiger partial charge in [0, 0.05) is 29.5 Å². The fourth-order valence-electron chi connectivity index (χ4n) is 7.64. The lowest BCUT2D eigenvalue weighted by Gasteiger charge is -2.38. The number of thiazole rings is 1. The van der Waals surface area contributed by atoms with E-state index in [2.05, 4.69) is 15.0 Å². The van der Waals surface area contributed by atoms with Crippen molar-refractivity contribution < 1.29 is 23.6 Å². The second-order valence-electron chi connectivity index (χ2n) is 12.8. The minimum atomic E-state index is -1.13. The number of nitrogens with zero attached hydrogens (tertiary/aromatic N) is 3. The number of carboxylic acids is 1. The van der Waals surface area contributed by atoms with Crippen LogP contribution in [0.15, 0.2) is 16.7 Å². The van der Waals surface area contributed by atoms with Gasteiger partial charge in [-0.15, -0.1) is 0 Å². The fourth-order valence-corrected chi connectivity index (χ4v) is 8.80. The van der Waals surface area contributed by atoms with Crippen LogP contribution >= 0.6 is 11.3 Å². The van der Waals surface area contributed by atoms with Crippen molar-refractivity contribution in [1.29, 1.82) is 0 Å². The van der Waals surface area contributed by atoms with E-state index >= 15 is 0 Å². The molecular weight excluding hydrogens is 517 g/mol. The molecule has 7 nitrogen and oxygen atoms in total. The average molecular weight is 552 g/mol. The highest BCUT2D eigenvalue weighted by Gasteiger charge is 2.47. The summed E-state index contributed by atoms with van der Waals surface area (Å²) in [6.07, 6.45) is 14.5. The average Bonchev–Trinajstić information content (AvgIpc) is 3.80. The number of aromatic carboxylic acids is 1. The van der Waals surface area contributed by atoms with Crippen molar-refractivity contribution in [1.82, 2.24) is 10.1 Å². The van der Waals surface area contributed by atoms with E-state index in [-0.39, 0.29) is 17.2 Å². The molecule has 0 unspecified atom stereocenters. The van der Waals surface area contributed by atoms with Crippen LogP contribution in [0.3, 0.4) is 0 Å². The molecule has 5 fully saturated rings. The number of fused-ring (bicyclic) bond motifs is 3. The second-order valence-corrected chi connectivity index (χ2v) is 13.8. The van der Waals surface area contributed by atoms with Gasteiger partial charge in [-0.05, 0) is 94.6 Å². The Hall–Kier alpha value is -2.52. The predicted octanol–water partition coefficient (Wildman–Crippen LogP) is 7.15. The number of benzene rings is 1. The SMILES string of the molecule is O=C(O)c1cc(F)c2nc(N3[C@@H]4CC[C@H]3C[C@H](OCc3c(C5CCC6(CC5)CC6)noc3C3CC3)C4)sc2c1. The van der Waals surface area contributed by atoms with E-state index in [1.807, 2.05) is 0 Å². The smallest absolute Gasteiger partial charge is 0.335 e. The first-order valence-corrected chi connectivity index (χ1v) is 15.5. The Kier molecular flexibility index (Phi) is 5.60. The van der Waals surface area contributed by atoms with E-state index in [1.165, 1.54) is 80.0 Å². The fraction of sp³-hybridized carbons (Fsp3) is 0.633. The van der Waals surface area contributed by atoms with Crippen LogP contribution in [-0.2, 0) is 11.3 Å². The summed E-state index contributed by atoms with van der Waals surface area (Å²) in [7, 11) is 0. The molecule has 1 aromatic carbocycles. The van der Waals surface area contributed by atoms with Crippen molar-refractivity contribution in [3.8, 4) is 0 Å². The number of hydrogen-bond acceptors (Lipinski definition) is 7. The van der Waals surface area contributed by atoms with Crippen LogP contribution in [0.5, 0.6) is 0 Å². The summed E-state index contributed by atoms with van der Waals surface area (Å²) < 4.78 is 27.8. The van der Waals surface area contributed by atoms with Crippen molar-refractivity contribution in [2.45, 2.75) is 114 Å². The lowest BCUT2D eigenvalue weighted by atomic mass is 9.77. The molecule has 206 valence electrons. The van der Waals surface area contributed by atoms with Crippen molar-refractivity contribution in [2.24, 2.45) is 5.41 Å². The molecule has 3 atom stereocenters. The summed E-state index contributed by atoms with van der Waals surface area (Å²) in [5.74, 6) is 0.404. The molecule has 0 radical (unpaired) electrons. The molecule has 9 heteroatoms. The maximum Gasteiger partial charge on any atom is 0.335 e. The van der Waals surface area contributed by atoms with Gasteiger partial charge in [-0.25, -0.2) is 14.2 Å². The van der Waals surface area contributed by atoms with E-state index in [4.69, 9.17) is 9.26 Å². The standard InChI is InChI=1S/C30H34FN3O4S/c31-23-11-18(28(35)36)12-24-26(23)32-29(39-24)34-19-3-4-20(34)14-21(13-19)37-15-22-25(33-38-27(22)17-1-2-17)16-5-7-30(8-6-16)9-10-30/h11-12,16-17,19-21H,1-10,13-15H2,(H,35,36)/t19-,20+,21-. The number of aromatic nitrogens is 2.